The van der Waals surface area contributed by atoms with Crippen molar-refractivity contribution in [3.63, 3.8) is 0 Å². The Morgan fingerprint density at radius 2 is 1.95 bits per heavy atom. The molecule has 1 unspecified atom stereocenters. The highest BCUT2D eigenvalue weighted by Crippen LogP contribution is 2.31. The number of benzene rings is 2. The molecule has 0 aliphatic heterocycles. The first kappa shape index (κ1) is 13.9. The molecule has 2 rings (SSSR count). The van der Waals surface area contributed by atoms with Crippen molar-refractivity contribution in [3.8, 4) is 5.75 Å². The van der Waals surface area contributed by atoms with E-state index < -0.39 is 0 Å². The summed E-state index contributed by atoms with van der Waals surface area (Å²) in [5.41, 5.74) is 1.90. The van der Waals surface area contributed by atoms with Crippen molar-refractivity contribution in [1.29, 1.82) is 0 Å². The number of anilines is 1. The van der Waals surface area contributed by atoms with Crippen LogP contribution in [-0.2, 0) is 0 Å². The Balaban J connectivity index is 2.24. The maximum Gasteiger partial charge on any atom is 0.144 e. The smallest absolute Gasteiger partial charge is 0.144 e. The van der Waals surface area contributed by atoms with Crippen LogP contribution in [0.4, 0.5) is 10.1 Å². The van der Waals surface area contributed by atoms with E-state index in [0.29, 0.717) is 5.75 Å². The zero-order valence-corrected chi connectivity index (χ0v) is 12.4. The molecular formula is C15H15BrFNO. The van der Waals surface area contributed by atoms with Gasteiger partial charge in [-0.25, -0.2) is 4.39 Å². The number of nitrogens with one attached hydrogen (secondary N) is 1. The molecule has 0 saturated heterocycles. The molecule has 0 heterocycles. The number of hydrogen-bond donors (Lipinski definition) is 1. The van der Waals surface area contributed by atoms with Gasteiger partial charge in [-0.1, -0.05) is 34.1 Å². The van der Waals surface area contributed by atoms with Crippen molar-refractivity contribution in [2.75, 3.05) is 12.4 Å². The van der Waals surface area contributed by atoms with Gasteiger partial charge in [0.25, 0.3) is 0 Å². The van der Waals surface area contributed by atoms with Gasteiger partial charge >= 0.3 is 0 Å². The second kappa shape index (κ2) is 6.06. The van der Waals surface area contributed by atoms with Crippen molar-refractivity contribution in [3.05, 3.63) is 58.3 Å². The molecule has 0 aliphatic rings. The highest BCUT2D eigenvalue weighted by atomic mass is 79.9. The standard InChI is InChI=1S/C15H15BrFNO/c1-10(12-5-3-4-6-13(12)16)18-14-8-7-11(17)9-15(14)19-2/h3-10,18H,1-2H3. The molecule has 0 amide bonds. The average molecular weight is 324 g/mol. The van der Waals surface area contributed by atoms with Crippen LogP contribution in [0.1, 0.15) is 18.5 Å². The van der Waals surface area contributed by atoms with Crippen molar-refractivity contribution in [2.24, 2.45) is 0 Å². The van der Waals surface area contributed by atoms with Gasteiger partial charge in [-0.2, -0.15) is 0 Å². The molecule has 0 spiro atoms. The summed E-state index contributed by atoms with van der Waals surface area (Å²) in [5.74, 6) is 0.190. The Morgan fingerprint density at radius 1 is 1.21 bits per heavy atom. The van der Waals surface area contributed by atoms with Gasteiger partial charge < -0.3 is 10.1 Å². The Bertz CT molecular complexity index is 574. The maximum atomic E-state index is 13.1. The lowest BCUT2D eigenvalue weighted by molar-refractivity contribution is 0.412. The summed E-state index contributed by atoms with van der Waals surface area (Å²) in [6.45, 7) is 2.04. The van der Waals surface area contributed by atoms with Crippen LogP contribution in [-0.4, -0.2) is 7.11 Å². The highest BCUT2D eigenvalue weighted by Gasteiger charge is 2.11. The first-order chi connectivity index (χ1) is 9.11. The predicted molar refractivity (Wildman–Crippen MR) is 79.1 cm³/mol. The van der Waals surface area contributed by atoms with Gasteiger partial charge in [0.2, 0.25) is 0 Å². The molecule has 0 radical (unpaired) electrons. The minimum atomic E-state index is -0.309. The van der Waals surface area contributed by atoms with Gasteiger partial charge in [0.1, 0.15) is 11.6 Å². The Hall–Kier alpha value is -1.55. The minimum Gasteiger partial charge on any atom is -0.494 e. The van der Waals surface area contributed by atoms with Gasteiger partial charge in [-0.15, -0.1) is 0 Å². The first-order valence-electron chi connectivity index (χ1n) is 5.96. The largest absolute Gasteiger partial charge is 0.494 e. The fraction of sp³-hybridized carbons (Fsp3) is 0.200. The normalized spacial score (nSPS) is 12.0. The number of hydrogen-bond acceptors (Lipinski definition) is 2. The van der Waals surface area contributed by atoms with Crippen molar-refractivity contribution in [2.45, 2.75) is 13.0 Å². The zero-order chi connectivity index (χ0) is 13.8. The van der Waals surface area contributed by atoms with Crippen LogP contribution in [0.2, 0.25) is 0 Å². The molecule has 1 atom stereocenters. The fourth-order valence-corrected chi connectivity index (χ4v) is 2.55. The summed E-state index contributed by atoms with van der Waals surface area (Å²) in [7, 11) is 1.53. The van der Waals surface area contributed by atoms with Gasteiger partial charge in [0.05, 0.1) is 12.8 Å². The molecule has 4 heteroatoms. The molecule has 0 fully saturated rings. The second-order valence-electron chi connectivity index (χ2n) is 4.23. The van der Waals surface area contributed by atoms with Gasteiger partial charge in [0, 0.05) is 16.6 Å². The minimum absolute atomic E-state index is 0.0786. The molecule has 0 saturated carbocycles. The van der Waals surface area contributed by atoms with E-state index in [4.69, 9.17) is 4.74 Å². The molecular weight excluding hydrogens is 309 g/mol. The monoisotopic (exact) mass is 323 g/mol. The summed E-state index contributed by atoms with van der Waals surface area (Å²) < 4.78 is 19.4. The van der Waals surface area contributed by atoms with Crippen LogP contribution in [0.5, 0.6) is 5.75 Å². The molecule has 19 heavy (non-hydrogen) atoms. The molecule has 2 nitrogen and oxygen atoms in total. The SMILES string of the molecule is COc1cc(F)ccc1NC(C)c1ccccc1Br. The lowest BCUT2D eigenvalue weighted by Crippen LogP contribution is -2.08. The quantitative estimate of drug-likeness (QED) is 0.875. The van der Waals surface area contributed by atoms with Crippen molar-refractivity contribution < 1.29 is 9.13 Å². The van der Waals surface area contributed by atoms with Crippen LogP contribution < -0.4 is 10.1 Å². The zero-order valence-electron chi connectivity index (χ0n) is 10.8. The molecule has 2 aromatic carbocycles. The van der Waals surface area contributed by atoms with E-state index in [2.05, 4.69) is 21.2 Å². The fourth-order valence-electron chi connectivity index (χ4n) is 1.92. The summed E-state index contributed by atoms with van der Waals surface area (Å²) in [5, 5.41) is 3.32. The summed E-state index contributed by atoms with van der Waals surface area (Å²) >= 11 is 3.53. The Labute approximate surface area is 120 Å². The molecule has 100 valence electrons. The third-order valence-electron chi connectivity index (χ3n) is 2.91. The van der Waals surface area contributed by atoms with E-state index in [9.17, 15) is 4.39 Å². The summed E-state index contributed by atoms with van der Waals surface area (Å²) in [6, 6.07) is 12.5. The molecule has 0 bridgehead atoms. The molecule has 0 aliphatic carbocycles. The average Bonchev–Trinajstić information content (AvgIpc) is 2.41. The lowest BCUT2D eigenvalue weighted by Gasteiger charge is -2.19. The predicted octanol–water partition coefficient (Wildman–Crippen LogP) is 4.77. The van der Waals surface area contributed by atoms with Crippen molar-refractivity contribution in [1.82, 2.24) is 0 Å². The third-order valence-corrected chi connectivity index (χ3v) is 3.63. The van der Waals surface area contributed by atoms with Crippen LogP contribution in [0, 0.1) is 5.82 Å². The summed E-state index contributed by atoms with van der Waals surface area (Å²) in [4.78, 5) is 0. The van der Waals surface area contributed by atoms with E-state index in [1.54, 1.807) is 6.07 Å². The van der Waals surface area contributed by atoms with Crippen LogP contribution >= 0.6 is 15.9 Å². The maximum absolute atomic E-state index is 13.1. The molecule has 0 aromatic heterocycles. The summed E-state index contributed by atoms with van der Waals surface area (Å²) in [6.07, 6.45) is 0. The highest BCUT2D eigenvalue weighted by molar-refractivity contribution is 9.10. The van der Waals surface area contributed by atoms with Gasteiger partial charge in [0.15, 0.2) is 0 Å². The van der Waals surface area contributed by atoms with Gasteiger partial charge in [-0.3, -0.25) is 0 Å². The second-order valence-corrected chi connectivity index (χ2v) is 5.09. The number of ether oxygens (including phenoxy) is 1. The Morgan fingerprint density at radius 3 is 2.63 bits per heavy atom. The number of methoxy groups -OCH3 is 1. The van der Waals surface area contributed by atoms with Crippen LogP contribution in [0.15, 0.2) is 46.9 Å². The van der Waals surface area contributed by atoms with E-state index in [1.807, 2.05) is 31.2 Å². The lowest BCUT2D eigenvalue weighted by atomic mass is 10.1. The van der Waals surface area contributed by atoms with E-state index in [-0.39, 0.29) is 11.9 Å². The topological polar surface area (TPSA) is 21.3 Å². The van der Waals surface area contributed by atoms with E-state index >= 15 is 0 Å². The van der Waals surface area contributed by atoms with Crippen molar-refractivity contribution >= 4 is 21.6 Å². The molecule has 2 aromatic rings. The van der Waals surface area contributed by atoms with E-state index in [0.717, 1.165) is 15.7 Å². The Kier molecular flexibility index (Phi) is 4.43. The van der Waals surface area contributed by atoms with Crippen LogP contribution in [0.25, 0.3) is 0 Å². The van der Waals surface area contributed by atoms with E-state index in [1.165, 1.54) is 19.2 Å². The first-order valence-corrected chi connectivity index (χ1v) is 6.75. The third kappa shape index (κ3) is 3.26. The van der Waals surface area contributed by atoms with Gasteiger partial charge in [-0.05, 0) is 30.7 Å². The number of rotatable bonds is 4. The van der Waals surface area contributed by atoms with Crippen LogP contribution in [0.3, 0.4) is 0 Å². The number of halogens is 2. The molecule has 1 N–H and O–H groups in total.